The molecule has 0 aliphatic heterocycles. The van der Waals surface area contributed by atoms with Gasteiger partial charge in [0.05, 0.1) is 28.2 Å². The van der Waals surface area contributed by atoms with E-state index in [4.69, 9.17) is 11.6 Å². The Balaban J connectivity index is 1.55. The highest BCUT2D eigenvalue weighted by atomic mass is 35.5. The first-order chi connectivity index (χ1) is 14.2. The zero-order valence-corrected chi connectivity index (χ0v) is 17.8. The summed E-state index contributed by atoms with van der Waals surface area (Å²) >= 11 is 5.70. The normalized spacial score (nSPS) is 18.9. The van der Waals surface area contributed by atoms with Crippen LogP contribution in [0.25, 0.3) is 0 Å². The van der Waals surface area contributed by atoms with E-state index in [2.05, 4.69) is 20.6 Å². The first-order valence-corrected chi connectivity index (χ1v) is 10.2. The SMILES string of the molecule is Cc1cnc(NCC2CCC(NC(=O)c3c(F)c(C)c(F)c(F)c3Cl)CC2)c(C)n1. The van der Waals surface area contributed by atoms with E-state index >= 15 is 0 Å². The van der Waals surface area contributed by atoms with Crippen molar-refractivity contribution in [1.29, 1.82) is 0 Å². The van der Waals surface area contributed by atoms with Crippen molar-refractivity contribution in [3.8, 4) is 0 Å². The van der Waals surface area contributed by atoms with Crippen LogP contribution in [-0.2, 0) is 0 Å². The molecule has 2 aromatic rings. The summed E-state index contributed by atoms with van der Waals surface area (Å²) in [6.45, 7) is 5.60. The molecular formula is C21H24ClF3N4O. The molecule has 2 N–H and O–H groups in total. The van der Waals surface area contributed by atoms with Crippen LogP contribution < -0.4 is 10.6 Å². The van der Waals surface area contributed by atoms with Crippen molar-refractivity contribution >= 4 is 23.3 Å². The van der Waals surface area contributed by atoms with E-state index in [-0.39, 0.29) is 6.04 Å². The zero-order valence-electron chi connectivity index (χ0n) is 17.1. The Bertz CT molecular complexity index is 933. The van der Waals surface area contributed by atoms with Crippen LogP contribution in [0.2, 0.25) is 5.02 Å². The molecule has 3 rings (SSSR count). The molecule has 5 nitrogen and oxygen atoms in total. The van der Waals surface area contributed by atoms with E-state index in [0.717, 1.165) is 43.5 Å². The van der Waals surface area contributed by atoms with Gasteiger partial charge in [0.2, 0.25) is 0 Å². The monoisotopic (exact) mass is 440 g/mol. The molecule has 1 fully saturated rings. The topological polar surface area (TPSA) is 66.9 Å². The van der Waals surface area contributed by atoms with E-state index < -0.39 is 39.5 Å². The lowest BCUT2D eigenvalue weighted by Gasteiger charge is -2.29. The first-order valence-electron chi connectivity index (χ1n) is 9.86. The van der Waals surface area contributed by atoms with Crippen molar-refractivity contribution in [2.75, 3.05) is 11.9 Å². The molecule has 1 aliphatic rings. The average molecular weight is 441 g/mol. The minimum Gasteiger partial charge on any atom is -0.368 e. The molecule has 0 bridgehead atoms. The van der Waals surface area contributed by atoms with Gasteiger partial charge in [0.1, 0.15) is 11.6 Å². The van der Waals surface area contributed by atoms with Crippen LogP contribution in [0, 0.1) is 44.1 Å². The first kappa shape index (κ1) is 22.3. The zero-order chi connectivity index (χ0) is 22.0. The molecule has 1 aromatic heterocycles. The van der Waals surface area contributed by atoms with Gasteiger partial charge in [-0.25, -0.2) is 18.2 Å². The summed E-state index contributed by atoms with van der Waals surface area (Å²) in [6.07, 6.45) is 4.80. The number of nitrogens with one attached hydrogen (secondary N) is 2. The molecule has 30 heavy (non-hydrogen) atoms. The second-order valence-corrected chi connectivity index (χ2v) is 8.15. The van der Waals surface area contributed by atoms with Crippen molar-refractivity contribution < 1.29 is 18.0 Å². The van der Waals surface area contributed by atoms with Gasteiger partial charge in [-0.15, -0.1) is 0 Å². The Morgan fingerprint density at radius 2 is 1.77 bits per heavy atom. The third-order valence-corrected chi connectivity index (χ3v) is 5.87. The minimum absolute atomic E-state index is 0.182. The van der Waals surface area contributed by atoms with Gasteiger partial charge >= 0.3 is 0 Å². The maximum atomic E-state index is 14.3. The summed E-state index contributed by atoms with van der Waals surface area (Å²) in [6, 6.07) is -0.182. The molecule has 1 amide bonds. The third kappa shape index (κ3) is 4.69. The fraction of sp³-hybridized carbons (Fsp3) is 0.476. The number of nitrogens with zero attached hydrogens (tertiary/aromatic N) is 2. The molecule has 1 aromatic carbocycles. The maximum Gasteiger partial charge on any atom is 0.256 e. The Morgan fingerprint density at radius 3 is 2.40 bits per heavy atom. The summed E-state index contributed by atoms with van der Waals surface area (Å²) in [7, 11) is 0. The highest BCUT2D eigenvalue weighted by molar-refractivity contribution is 6.34. The molecule has 1 heterocycles. The molecule has 0 radical (unpaired) electrons. The van der Waals surface area contributed by atoms with Crippen LogP contribution in [0.1, 0.15) is 53.0 Å². The second-order valence-electron chi connectivity index (χ2n) is 7.77. The van der Waals surface area contributed by atoms with Gasteiger partial charge in [0.25, 0.3) is 5.91 Å². The van der Waals surface area contributed by atoms with Crippen LogP contribution in [0.3, 0.4) is 0 Å². The number of aromatic nitrogens is 2. The van der Waals surface area contributed by atoms with Crippen LogP contribution in [0.15, 0.2) is 6.20 Å². The number of hydrogen-bond acceptors (Lipinski definition) is 4. The fourth-order valence-corrected chi connectivity index (χ4v) is 3.98. The number of amides is 1. The van der Waals surface area contributed by atoms with E-state index in [1.807, 2.05) is 13.8 Å². The van der Waals surface area contributed by atoms with Crippen LogP contribution in [0.5, 0.6) is 0 Å². The largest absolute Gasteiger partial charge is 0.368 e. The molecule has 0 saturated heterocycles. The van der Waals surface area contributed by atoms with Gasteiger partial charge in [-0.05, 0) is 52.4 Å². The summed E-state index contributed by atoms with van der Waals surface area (Å²) in [5, 5.41) is 5.19. The minimum atomic E-state index is -1.41. The van der Waals surface area contributed by atoms with E-state index in [1.54, 1.807) is 6.20 Å². The molecule has 1 aliphatic carbocycles. The van der Waals surface area contributed by atoms with Crippen molar-refractivity contribution in [3.05, 3.63) is 51.2 Å². The van der Waals surface area contributed by atoms with Crippen LogP contribution in [0.4, 0.5) is 19.0 Å². The van der Waals surface area contributed by atoms with Crippen molar-refractivity contribution in [1.82, 2.24) is 15.3 Å². The highest BCUT2D eigenvalue weighted by Gasteiger charge is 2.29. The van der Waals surface area contributed by atoms with Gasteiger partial charge in [0.15, 0.2) is 11.6 Å². The summed E-state index contributed by atoms with van der Waals surface area (Å²) in [5.74, 6) is -3.60. The number of carbonyl (C=O) groups is 1. The summed E-state index contributed by atoms with van der Waals surface area (Å²) in [4.78, 5) is 21.2. The lowest BCUT2D eigenvalue weighted by molar-refractivity contribution is 0.0918. The predicted molar refractivity (Wildman–Crippen MR) is 109 cm³/mol. The Kier molecular flexibility index (Phi) is 6.85. The smallest absolute Gasteiger partial charge is 0.256 e. The van der Waals surface area contributed by atoms with E-state index in [0.29, 0.717) is 18.8 Å². The molecule has 9 heteroatoms. The van der Waals surface area contributed by atoms with Gasteiger partial charge < -0.3 is 10.6 Å². The Morgan fingerprint density at radius 1 is 1.10 bits per heavy atom. The highest BCUT2D eigenvalue weighted by Crippen LogP contribution is 2.30. The van der Waals surface area contributed by atoms with E-state index in [9.17, 15) is 18.0 Å². The molecule has 162 valence electrons. The number of halogens is 4. The van der Waals surface area contributed by atoms with Crippen molar-refractivity contribution in [2.24, 2.45) is 5.92 Å². The molecule has 0 unspecified atom stereocenters. The molecule has 0 spiro atoms. The standard InChI is InChI=1S/C21H24ClF3N4O/c1-10-8-26-20(12(3)28-10)27-9-13-4-6-14(7-5-13)29-21(30)15-16(22)19(25)18(24)11(2)17(15)23/h8,13-14H,4-7,9H2,1-3H3,(H,26,27)(H,29,30). The number of benzene rings is 1. The number of hydrogen-bond donors (Lipinski definition) is 2. The summed E-state index contributed by atoms with van der Waals surface area (Å²) < 4.78 is 41.7. The van der Waals surface area contributed by atoms with Crippen molar-refractivity contribution in [3.63, 3.8) is 0 Å². The number of rotatable bonds is 5. The lowest BCUT2D eigenvalue weighted by atomic mass is 9.86. The maximum absolute atomic E-state index is 14.3. The quantitative estimate of drug-likeness (QED) is 0.514. The number of aryl methyl sites for hydroxylation is 2. The van der Waals surface area contributed by atoms with Crippen molar-refractivity contribution in [2.45, 2.75) is 52.5 Å². The van der Waals surface area contributed by atoms with E-state index in [1.165, 1.54) is 0 Å². The van der Waals surface area contributed by atoms with Crippen LogP contribution >= 0.6 is 11.6 Å². The fourth-order valence-electron chi connectivity index (χ4n) is 3.73. The Labute approximate surface area is 178 Å². The molecular weight excluding hydrogens is 417 g/mol. The summed E-state index contributed by atoms with van der Waals surface area (Å²) in [5.41, 5.74) is 0.496. The predicted octanol–water partition coefficient (Wildman–Crippen LogP) is 4.87. The average Bonchev–Trinajstić information content (AvgIpc) is 2.71. The molecule has 0 atom stereocenters. The van der Waals surface area contributed by atoms with Gasteiger partial charge in [-0.2, -0.15) is 0 Å². The van der Waals surface area contributed by atoms with Gasteiger partial charge in [0, 0.05) is 18.2 Å². The lowest BCUT2D eigenvalue weighted by Crippen LogP contribution is -2.39. The van der Waals surface area contributed by atoms with Gasteiger partial charge in [-0.3, -0.25) is 9.78 Å². The van der Waals surface area contributed by atoms with Gasteiger partial charge in [-0.1, -0.05) is 11.6 Å². The number of carbonyl (C=O) groups excluding carboxylic acids is 1. The second kappa shape index (κ2) is 9.20. The van der Waals surface area contributed by atoms with Crippen LogP contribution in [-0.4, -0.2) is 28.5 Å². The number of anilines is 1. The third-order valence-electron chi connectivity index (χ3n) is 5.52. The molecule has 1 saturated carbocycles. The Hall–Kier alpha value is -2.35.